The average Bonchev–Trinajstić information content (AvgIpc) is 3.10. The summed E-state index contributed by atoms with van der Waals surface area (Å²) in [6.07, 6.45) is 0.598. The SMILES string of the molecule is O[C@@H](CN[C@H]1CCN(Cc2ccccc2)C1)COCc1ccccc1Cl. The van der Waals surface area contributed by atoms with Crippen molar-refractivity contribution in [1.82, 2.24) is 10.2 Å². The highest BCUT2D eigenvalue weighted by Gasteiger charge is 2.22. The quantitative estimate of drug-likeness (QED) is 0.708. The molecule has 0 unspecified atom stereocenters. The van der Waals surface area contributed by atoms with Crippen LogP contribution in [0.3, 0.4) is 0 Å². The molecule has 0 spiro atoms. The van der Waals surface area contributed by atoms with E-state index in [1.807, 2.05) is 30.3 Å². The molecule has 140 valence electrons. The van der Waals surface area contributed by atoms with Gasteiger partial charge in [-0.15, -0.1) is 0 Å². The van der Waals surface area contributed by atoms with Crippen LogP contribution >= 0.6 is 11.6 Å². The molecule has 26 heavy (non-hydrogen) atoms. The summed E-state index contributed by atoms with van der Waals surface area (Å²) in [6, 6.07) is 18.6. The van der Waals surface area contributed by atoms with Gasteiger partial charge < -0.3 is 15.2 Å². The predicted octanol–water partition coefficient (Wildman–Crippen LogP) is 3.08. The number of aliphatic hydroxyl groups is 1. The smallest absolute Gasteiger partial charge is 0.0897 e. The van der Waals surface area contributed by atoms with Gasteiger partial charge in [0.15, 0.2) is 0 Å². The molecule has 0 bridgehead atoms. The number of halogens is 1. The van der Waals surface area contributed by atoms with E-state index in [1.165, 1.54) is 5.56 Å². The van der Waals surface area contributed by atoms with E-state index in [-0.39, 0.29) is 0 Å². The van der Waals surface area contributed by atoms with E-state index in [0.717, 1.165) is 31.6 Å². The zero-order chi connectivity index (χ0) is 18.2. The molecule has 0 amide bonds. The number of likely N-dealkylation sites (tertiary alicyclic amines) is 1. The normalized spacial score (nSPS) is 18.9. The first-order valence-corrected chi connectivity index (χ1v) is 9.57. The predicted molar refractivity (Wildman–Crippen MR) is 105 cm³/mol. The largest absolute Gasteiger partial charge is 0.389 e. The number of rotatable bonds is 9. The van der Waals surface area contributed by atoms with Crippen molar-refractivity contribution in [1.29, 1.82) is 0 Å². The van der Waals surface area contributed by atoms with Gasteiger partial charge in [0.25, 0.3) is 0 Å². The molecule has 1 saturated heterocycles. The summed E-state index contributed by atoms with van der Waals surface area (Å²) in [4.78, 5) is 2.45. The lowest BCUT2D eigenvalue weighted by atomic mass is 10.2. The first-order valence-electron chi connectivity index (χ1n) is 9.19. The van der Waals surface area contributed by atoms with Crippen molar-refractivity contribution >= 4 is 11.6 Å². The van der Waals surface area contributed by atoms with Crippen molar-refractivity contribution in [2.24, 2.45) is 0 Å². The van der Waals surface area contributed by atoms with Crippen LogP contribution in [0.5, 0.6) is 0 Å². The van der Waals surface area contributed by atoms with E-state index in [0.29, 0.717) is 30.8 Å². The van der Waals surface area contributed by atoms with Crippen LogP contribution in [0.1, 0.15) is 17.5 Å². The Labute approximate surface area is 160 Å². The number of nitrogens with one attached hydrogen (secondary N) is 1. The fourth-order valence-electron chi connectivity index (χ4n) is 3.27. The van der Waals surface area contributed by atoms with Gasteiger partial charge in [-0.1, -0.05) is 60.1 Å². The average molecular weight is 375 g/mol. The Hall–Kier alpha value is -1.43. The molecule has 2 aromatic rings. The molecule has 1 aliphatic rings. The summed E-state index contributed by atoms with van der Waals surface area (Å²) in [5.41, 5.74) is 2.29. The maximum Gasteiger partial charge on any atom is 0.0897 e. The summed E-state index contributed by atoms with van der Waals surface area (Å²) in [7, 11) is 0. The minimum Gasteiger partial charge on any atom is -0.389 e. The molecule has 0 aliphatic carbocycles. The Balaban J connectivity index is 1.31. The zero-order valence-electron chi connectivity index (χ0n) is 15.0. The van der Waals surface area contributed by atoms with Crippen LogP contribution in [0.4, 0.5) is 0 Å². The van der Waals surface area contributed by atoms with Crippen molar-refractivity contribution in [3.8, 4) is 0 Å². The fourth-order valence-corrected chi connectivity index (χ4v) is 3.46. The monoisotopic (exact) mass is 374 g/mol. The summed E-state index contributed by atoms with van der Waals surface area (Å²) in [6.45, 7) is 4.37. The highest BCUT2D eigenvalue weighted by Crippen LogP contribution is 2.16. The maximum atomic E-state index is 10.1. The van der Waals surface area contributed by atoms with Crippen LogP contribution in [-0.2, 0) is 17.9 Å². The van der Waals surface area contributed by atoms with Crippen molar-refractivity contribution in [3.63, 3.8) is 0 Å². The van der Waals surface area contributed by atoms with Gasteiger partial charge in [0.1, 0.15) is 0 Å². The van der Waals surface area contributed by atoms with Gasteiger partial charge in [-0.05, 0) is 23.6 Å². The standard InChI is InChI=1S/C21H27ClN2O2/c22-21-9-5-4-8-18(21)15-26-16-20(25)12-23-19-10-11-24(14-19)13-17-6-2-1-3-7-17/h1-9,19-20,23,25H,10-16H2/t19-,20-/m0/s1. The van der Waals surface area contributed by atoms with Gasteiger partial charge >= 0.3 is 0 Å². The first kappa shape index (κ1) is 19.3. The van der Waals surface area contributed by atoms with Gasteiger partial charge in [0.05, 0.1) is 19.3 Å². The van der Waals surface area contributed by atoms with Crippen LogP contribution in [0.25, 0.3) is 0 Å². The number of hydrogen-bond acceptors (Lipinski definition) is 4. The molecule has 2 aromatic carbocycles. The molecule has 2 N–H and O–H groups in total. The first-order chi connectivity index (χ1) is 12.7. The summed E-state index contributed by atoms with van der Waals surface area (Å²) >= 11 is 6.10. The van der Waals surface area contributed by atoms with E-state index < -0.39 is 6.10 Å². The number of hydrogen-bond donors (Lipinski definition) is 2. The Morgan fingerprint density at radius 2 is 1.92 bits per heavy atom. The molecular formula is C21H27ClN2O2. The van der Waals surface area contributed by atoms with Crippen LogP contribution in [0, 0.1) is 0 Å². The highest BCUT2D eigenvalue weighted by atomic mass is 35.5. The van der Waals surface area contributed by atoms with Crippen LogP contribution < -0.4 is 5.32 Å². The second-order valence-corrected chi connectivity index (χ2v) is 7.28. The van der Waals surface area contributed by atoms with Crippen LogP contribution in [-0.4, -0.2) is 48.4 Å². The number of aliphatic hydroxyl groups excluding tert-OH is 1. The van der Waals surface area contributed by atoms with E-state index in [1.54, 1.807) is 0 Å². The molecule has 1 heterocycles. The van der Waals surface area contributed by atoms with E-state index in [4.69, 9.17) is 16.3 Å². The van der Waals surface area contributed by atoms with Gasteiger partial charge in [-0.25, -0.2) is 0 Å². The Bertz CT molecular complexity index is 668. The van der Waals surface area contributed by atoms with Crippen LogP contribution in [0.15, 0.2) is 54.6 Å². The lowest BCUT2D eigenvalue weighted by molar-refractivity contribution is 0.0277. The van der Waals surface area contributed by atoms with Gasteiger partial charge in [-0.2, -0.15) is 0 Å². The second kappa shape index (κ2) is 10.0. The minimum absolute atomic E-state index is 0.304. The molecule has 0 aromatic heterocycles. The highest BCUT2D eigenvalue weighted by molar-refractivity contribution is 6.31. The molecule has 3 rings (SSSR count). The lowest BCUT2D eigenvalue weighted by Gasteiger charge is -2.18. The zero-order valence-corrected chi connectivity index (χ0v) is 15.7. The minimum atomic E-state index is -0.513. The van der Waals surface area contributed by atoms with E-state index in [2.05, 4.69) is 34.5 Å². The second-order valence-electron chi connectivity index (χ2n) is 6.87. The maximum absolute atomic E-state index is 10.1. The molecular weight excluding hydrogens is 348 g/mol. The van der Waals surface area contributed by atoms with Crippen molar-refractivity contribution in [3.05, 3.63) is 70.7 Å². The van der Waals surface area contributed by atoms with Crippen molar-refractivity contribution < 1.29 is 9.84 Å². The van der Waals surface area contributed by atoms with Crippen molar-refractivity contribution in [2.75, 3.05) is 26.2 Å². The van der Waals surface area contributed by atoms with E-state index in [9.17, 15) is 5.11 Å². The lowest BCUT2D eigenvalue weighted by Crippen LogP contribution is -2.39. The molecule has 5 heteroatoms. The molecule has 4 nitrogen and oxygen atoms in total. The third kappa shape index (κ3) is 6.08. The Morgan fingerprint density at radius 1 is 1.15 bits per heavy atom. The van der Waals surface area contributed by atoms with Crippen LogP contribution in [0.2, 0.25) is 5.02 Å². The molecule has 1 fully saturated rings. The molecule has 1 aliphatic heterocycles. The van der Waals surface area contributed by atoms with Gasteiger partial charge in [0, 0.05) is 37.2 Å². The van der Waals surface area contributed by atoms with Gasteiger partial charge in [0.2, 0.25) is 0 Å². The fraction of sp³-hybridized carbons (Fsp3) is 0.429. The molecule has 2 atom stereocenters. The summed E-state index contributed by atoms with van der Waals surface area (Å²) in [5.74, 6) is 0. The molecule has 0 radical (unpaired) electrons. The topological polar surface area (TPSA) is 44.7 Å². The number of nitrogens with zero attached hydrogens (tertiary/aromatic N) is 1. The summed E-state index contributed by atoms with van der Waals surface area (Å²) < 4.78 is 5.59. The Kier molecular flexibility index (Phi) is 7.47. The third-order valence-corrected chi connectivity index (χ3v) is 5.06. The number of ether oxygens (including phenoxy) is 1. The van der Waals surface area contributed by atoms with Gasteiger partial charge in [-0.3, -0.25) is 4.90 Å². The molecule has 0 saturated carbocycles. The third-order valence-electron chi connectivity index (χ3n) is 4.69. The van der Waals surface area contributed by atoms with E-state index >= 15 is 0 Å². The Morgan fingerprint density at radius 3 is 2.73 bits per heavy atom. The number of benzene rings is 2. The van der Waals surface area contributed by atoms with Crippen molar-refractivity contribution in [2.45, 2.75) is 31.7 Å². The summed E-state index contributed by atoms with van der Waals surface area (Å²) in [5, 5.41) is 14.3.